The third kappa shape index (κ3) is 3.23. The second-order valence-electron chi connectivity index (χ2n) is 5.68. The minimum absolute atomic E-state index is 0.117. The number of carbonyl (C=O) groups is 1. The van der Waals surface area contributed by atoms with Crippen molar-refractivity contribution in [1.82, 2.24) is 9.38 Å². The lowest BCUT2D eigenvalue weighted by atomic mass is 9.89. The molecule has 0 aliphatic carbocycles. The smallest absolute Gasteiger partial charge is 0.306 e. The number of hydrogen-bond acceptors (Lipinski definition) is 5. The second kappa shape index (κ2) is 7.10. The number of aromatic nitrogens is 2. The molecule has 0 bridgehead atoms. The van der Waals surface area contributed by atoms with E-state index >= 15 is 0 Å². The fraction of sp³-hybridized carbons (Fsp3) is 0.167. The maximum absolute atomic E-state index is 14.4. The molecular weight excluding hydrogens is 365 g/mol. The third-order valence-corrected chi connectivity index (χ3v) is 4.14. The summed E-state index contributed by atoms with van der Waals surface area (Å²) in [7, 11) is 1.08. The lowest BCUT2D eigenvalue weighted by Gasteiger charge is -2.18. The van der Waals surface area contributed by atoms with Gasteiger partial charge >= 0.3 is 5.97 Å². The Balaban J connectivity index is 2.30. The maximum Gasteiger partial charge on any atom is 0.306 e. The van der Waals surface area contributed by atoms with Gasteiger partial charge in [-0.1, -0.05) is 12.1 Å². The number of halogens is 3. The van der Waals surface area contributed by atoms with E-state index in [1.54, 1.807) is 6.07 Å². The summed E-state index contributed by atoms with van der Waals surface area (Å²) in [5, 5.41) is 10.3. The lowest BCUT2D eigenvalue weighted by molar-refractivity contribution is -0.140. The van der Waals surface area contributed by atoms with Crippen LogP contribution in [0, 0.1) is 17.5 Å². The van der Waals surface area contributed by atoms with Crippen LogP contribution in [0.3, 0.4) is 0 Å². The summed E-state index contributed by atoms with van der Waals surface area (Å²) >= 11 is 0. The Labute approximate surface area is 150 Å². The standard InChI is InChI=1S/C18H13F3N2O4/c1-27-13(24)8-10(9-5-6-11(19)16(21)15(9)20)14-17(25)22-12-4-2-3-7-23(12)18(14)26/h2-7,10,25H,8H2,1H3. The van der Waals surface area contributed by atoms with Gasteiger partial charge in [0.2, 0.25) is 5.88 Å². The van der Waals surface area contributed by atoms with Crippen molar-refractivity contribution >= 4 is 11.6 Å². The van der Waals surface area contributed by atoms with E-state index in [2.05, 4.69) is 9.72 Å². The molecule has 3 aromatic rings. The topological polar surface area (TPSA) is 80.9 Å². The molecule has 0 aliphatic heterocycles. The third-order valence-electron chi connectivity index (χ3n) is 4.14. The summed E-state index contributed by atoms with van der Waals surface area (Å²) in [5.74, 6) is -7.78. The van der Waals surface area contributed by atoms with Crippen molar-refractivity contribution in [3.05, 3.63) is 75.5 Å². The van der Waals surface area contributed by atoms with Gasteiger partial charge < -0.3 is 9.84 Å². The molecule has 0 fully saturated rings. The molecule has 0 aliphatic rings. The van der Waals surface area contributed by atoms with E-state index in [0.717, 1.165) is 17.6 Å². The van der Waals surface area contributed by atoms with Crippen LogP contribution in [0.1, 0.15) is 23.5 Å². The molecule has 1 atom stereocenters. The quantitative estimate of drug-likeness (QED) is 0.557. The number of pyridine rings is 1. The van der Waals surface area contributed by atoms with E-state index in [4.69, 9.17) is 0 Å². The van der Waals surface area contributed by atoms with Gasteiger partial charge in [0, 0.05) is 12.1 Å². The van der Waals surface area contributed by atoms with Crippen molar-refractivity contribution in [3.8, 4) is 5.88 Å². The number of nitrogens with zero attached hydrogens (tertiary/aromatic N) is 2. The van der Waals surface area contributed by atoms with E-state index < -0.39 is 58.3 Å². The Hall–Kier alpha value is -3.36. The van der Waals surface area contributed by atoms with Crippen LogP contribution in [0.4, 0.5) is 13.2 Å². The number of rotatable bonds is 4. The van der Waals surface area contributed by atoms with Crippen molar-refractivity contribution in [2.45, 2.75) is 12.3 Å². The molecule has 2 aromatic heterocycles. The van der Waals surface area contributed by atoms with Gasteiger partial charge in [0.25, 0.3) is 5.56 Å². The molecule has 0 saturated carbocycles. The van der Waals surface area contributed by atoms with E-state index in [9.17, 15) is 27.9 Å². The highest BCUT2D eigenvalue weighted by Gasteiger charge is 2.30. The summed E-state index contributed by atoms with van der Waals surface area (Å²) in [6.45, 7) is 0. The molecule has 1 aromatic carbocycles. The van der Waals surface area contributed by atoms with Crippen LogP contribution in [0.5, 0.6) is 5.88 Å². The molecule has 3 rings (SSSR count). The van der Waals surface area contributed by atoms with Gasteiger partial charge in [-0.3, -0.25) is 14.0 Å². The van der Waals surface area contributed by atoms with Crippen LogP contribution in [0.2, 0.25) is 0 Å². The monoisotopic (exact) mass is 378 g/mol. The highest BCUT2D eigenvalue weighted by molar-refractivity contribution is 5.71. The molecule has 140 valence electrons. The molecule has 1 unspecified atom stereocenters. The molecule has 0 saturated heterocycles. The van der Waals surface area contributed by atoms with Crippen LogP contribution < -0.4 is 5.56 Å². The highest BCUT2D eigenvalue weighted by atomic mass is 19.2. The molecule has 0 radical (unpaired) electrons. The van der Waals surface area contributed by atoms with Gasteiger partial charge in [0.05, 0.1) is 19.1 Å². The maximum atomic E-state index is 14.4. The number of aromatic hydroxyl groups is 1. The van der Waals surface area contributed by atoms with Crippen molar-refractivity contribution in [2.75, 3.05) is 7.11 Å². The predicted molar refractivity (Wildman–Crippen MR) is 87.9 cm³/mol. The highest BCUT2D eigenvalue weighted by Crippen LogP contribution is 2.34. The summed E-state index contributed by atoms with van der Waals surface area (Å²) in [6.07, 6.45) is 0.770. The first kappa shape index (κ1) is 18.4. The number of carbonyl (C=O) groups excluding carboxylic acids is 1. The van der Waals surface area contributed by atoms with Crippen LogP contribution in [0.25, 0.3) is 5.65 Å². The normalized spacial score (nSPS) is 12.1. The summed E-state index contributed by atoms with van der Waals surface area (Å²) in [5.41, 5.74) is -1.58. The predicted octanol–water partition coefficient (Wildman–Crippen LogP) is 2.51. The Morgan fingerprint density at radius 2 is 1.96 bits per heavy atom. The molecule has 27 heavy (non-hydrogen) atoms. The number of esters is 1. The number of benzene rings is 1. The molecular formula is C18H13F3N2O4. The van der Waals surface area contributed by atoms with Gasteiger partial charge in [0.1, 0.15) is 5.65 Å². The average molecular weight is 378 g/mol. The zero-order valence-electron chi connectivity index (χ0n) is 13.9. The van der Waals surface area contributed by atoms with E-state index in [0.29, 0.717) is 6.07 Å². The van der Waals surface area contributed by atoms with Crippen LogP contribution >= 0.6 is 0 Å². The largest absolute Gasteiger partial charge is 0.493 e. The number of fused-ring (bicyclic) bond motifs is 1. The molecule has 9 heteroatoms. The van der Waals surface area contributed by atoms with Gasteiger partial charge in [-0.2, -0.15) is 4.98 Å². The second-order valence-corrected chi connectivity index (χ2v) is 5.68. The molecule has 0 spiro atoms. The number of hydrogen-bond donors (Lipinski definition) is 1. The van der Waals surface area contributed by atoms with Gasteiger partial charge in [-0.05, 0) is 23.8 Å². The Kier molecular flexibility index (Phi) is 4.85. The van der Waals surface area contributed by atoms with Crippen molar-refractivity contribution in [2.24, 2.45) is 0 Å². The molecule has 6 nitrogen and oxygen atoms in total. The lowest BCUT2D eigenvalue weighted by Crippen LogP contribution is -2.25. The van der Waals surface area contributed by atoms with Gasteiger partial charge in [-0.15, -0.1) is 0 Å². The fourth-order valence-electron chi connectivity index (χ4n) is 2.82. The van der Waals surface area contributed by atoms with Crippen LogP contribution in [0.15, 0.2) is 41.3 Å². The Bertz CT molecular complexity index is 1100. The van der Waals surface area contributed by atoms with Crippen molar-refractivity contribution < 1.29 is 27.8 Å². The summed E-state index contributed by atoms with van der Waals surface area (Å²) in [6, 6.07) is 6.14. The Morgan fingerprint density at radius 3 is 2.67 bits per heavy atom. The van der Waals surface area contributed by atoms with Gasteiger partial charge in [-0.25, -0.2) is 13.2 Å². The van der Waals surface area contributed by atoms with Crippen LogP contribution in [-0.4, -0.2) is 27.6 Å². The minimum atomic E-state index is -1.75. The summed E-state index contributed by atoms with van der Waals surface area (Å²) in [4.78, 5) is 28.5. The number of methoxy groups -OCH3 is 1. The summed E-state index contributed by atoms with van der Waals surface area (Å²) < 4.78 is 47.0. The first-order chi connectivity index (χ1) is 12.8. The first-order valence-corrected chi connectivity index (χ1v) is 7.75. The average Bonchev–Trinajstić information content (AvgIpc) is 2.65. The van der Waals surface area contributed by atoms with E-state index in [1.807, 2.05) is 0 Å². The van der Waals surface area contributed by atoms with E-state index in [-0.39, 0.29) is 5.65 Å². The van der Waals surface area contributed by atoms with E-state index in [1.165, 1.54) is 18.3 Å². The van der Waals surface area contributed by atoms with Crippen molar-refractivity contribution in [1.29, 1.82) is 0 Å². The zero-order chi connectivity index (χ0) is 19.7. The zero-order valence-corrected chi connectivity index (χ0v) is 13.9. The molecule has 0 amide bonds. The molecule has 2 heterocycles. The Morgan fingerprint density at radius 1 is 1.22 bits per heavy atom. The first-order valence-electron chi connectivity index (χ1n) is 7.75. The number of ether oxygens (including phenoxy) is 1. The van der Waals surface area contributed by atoms with Crippen LogP contribution in [-0.2, 0) is 9.53 Å². The van der Waals surface area contributed by atoms with Gasteiger partial charge in [0.15, 0.2) is 17.5 Å². The fourth-order valence-corrected chi connectivity index (χ4v) is 2.82. The molecule has 1 N–H and O–H groups in total. The SMILES string of the molecule is COC(=O)CC(c1ccc(F)c(F)c1F)c1c(O)nc2ccccn2c1=O. The van der Waals surface area contributed by atoms with Crippen molar-refractivity contribution in [3.63, 3.8) is 0 Å². The minimum Gasteiger partial charge on any atom is -0.493 e.